The predicted molar refractivity (Wildman–Crippen MR) is 124 cm³/mol. The van der Waals surface area contributed by atoms with Crippen molar-refractivity contribution >= 4 is 11.5 Å². The van der Waals surface area contributed by atoms with Crippen molar-refractivity contribution in [1.82, 2.24) is 0 Å². The first kappa shape index (κ1) is 23.4. The van der Waals surface area contributed by atoms with E-state index in [9.17, 15) is 9.90 Å². The van der Waals surface area contributed by atoms with Crippen LogP contribution in [0.5, 0.6) is 0 Å². The molecule has 0 radical (unpaired) electrons. The van der Waals surface area contributed by atoms with Gasteiger partial charge in [-0.1, -0.05) is 71.9 Å². The molecule has 0 amide bonds. The van der Waals surface area contributed by atoms with E-state index in [1.165, 1.54) is 18.4 Å². The molecule has 2 rings (SSSR count). The second-order valence-corrected chi connectivity index (χ2v) is 10.7. The van der Waals surface area contributed by atoms with E-state index in [1.54, 1.807) is 6.07 Å². The van der Waals surface area contributed by atoms with Crippen molar-refractivity contribution in [3.05, 3.63) is 53.1 Å². The lowest BCUT2D eigenvalue weighted by molar-refractivity contribution is 0.0252. The predicted octanol–water partition coefficient (Wildman–Crippen LogP) is 7.63. The molecule has 3 unspecified atom stereocenters. The van der Waals surface area contributed by atoms with Crippen LogP contribution >= 0.6 is 0 Å². The maximum atomic E-state index is 11.2. The summed E-state index contributed by atoms with van der Waals surface area (Å²) < 4.78 is 0. The minimum absolute atomic E-state index is 0.374. The fraction of sp³-hybridized carbons (Fsp3) is 0.593. The number of allylic oxidation sites excluding steroid dienone is 4. The van der Waals surface area contributed by atoms with E-state index in [0.717, 1.165) is 34.8 Å². The Bertz CT molecular complexity index is 776. The van der Waals surface area contributed by atoms with Gasteiger partial charge in [-0.2, -0.15) is 0 Å². The Morgan fingerprint density at radius 2 is 1.93 bits per heavy atom. The molecule has 1 N–H and O–H groups in total. The monoisotopic (exact) mass is 396 g/mol. The molecule has 2 heteroatoms. The second-order valence-electron chi connectivity index (χ2n) is 10.7. The van der Waals surface area contributed by atoms with E-state index < -0.39 is 5.97 Å². The maximum absolute atomic E-state index is 11.2. The van der Waals surface area contributed by atoms with Gasteiger partial charge in [-0.15, -0.1) is 0 Å². The molecule has 0 aliphatic heterocycles. The molecule has 0 aromatic heterocycles. The van der Waals surface area contributed by atoms with Gasteiger partial charge in [0.05, 0.1) is 5.56 Å². The lowest BCUT2D eigenvalue weighted by Crippen LogP contribution is -2.41. The molecule has 0 bridgehead atoms. The number of hydrogen-bond donors (Lipinski definition) is 1. The van der Waals surface area contributed by atoms with E-state index >= 15 is 0 Å². The first-order valence-corrected chi connectivity index (χ1v) is 11.1. The van der Waals surface area contributed by atoms with E-state index in [2.05, 4.69) is 66.7 Å². The van der Waals surface area contributed by atoms with E-state index in [0.29, 0.717) is 16.9 Å². The van der Waals surface area contributed by atoms with Crippen LogP contribution in [0.4, 0.5) is 0 Å². The molecule has 1 aromatic rings. The zero-order valence-electron chi connectivity index (χ0n) is 19.6. The summed E-state index contributed by atoms with van der Waals surface area (Å²) in [5.74, 6) is 2.82. The molecule has 1 saturated carbocycles. The molecule has 29 heavy (non-hydrogen) atoms. The Morgan fingerprint density at radius 1 is 1.28 bits per heavy atom. The fourth-order valence-corrected chi connectivity index (χ4v) is 4.92. The number of aromatic carboxylic acids is 1. The Kier molecular flexibility index (Phi) is 7.54. The van der Waals surface area contributed by atoms with Gasteiger partial charge in [0, 0.05) is 0 Å². The van der Waals surface area contributed by atoms with Gasteiger partial charge in [0.2, 0.25) is 0 Å². The minimum Gasteiger partial charge on any atom is -0.478 e. The van der Waals surface area contributed by atoms with Crippen LogP contribution in [0.15, 0.2) is 36.4 Å². The highest BCUT2D eigenvalue weighted by Crippen LogP contribution is 2.50. The van der Waals surface area contributed by atoms with Crippen molar-refractivity contribution in [3.8, 4) is 0 Å². The molecule has 0 saturated heterocycles. The zero-order chi connectivity index (χ0) is 21.9. The third kappa shape index (κ3) is 6.07. The summed E-state index contributed by atoms with van der Waals surface area (Å²) in [7, 11) is 0. The highest BCUT2D eigenvalue weighted by Gasteiger charge is 2.42. The molecule has 0 spiro atoms. The summed E-state index contributed by atoms with van der Waals surface area (Å²) in [6.45, 7) is 18.2. The smallest absolute Gasteiger partial charge is 0.335 e. The number of aryl methyl sites for hydroxylation is 1. The Balaban J connectivity index is 2.12. The van der Waals surface area contributed by atoms with Gasteiger partial charge in [0.1, 0.15) is 0 Å². The molecule has 1 fully saturated rings. The first-order chi connectivity index (χ1) is 13.4. The van der Waals surface area contributed by atoms with Crippen LogP contribution in [0.1, 0.15) is 82.8 Å². The third-order valence-electron chi connectivity index (χ3n) is 6.64. The number of rotatable bonds is 7. The molecule has 2 nitrogen and oxygen atoms in total. The average Bonchev–Trinajstić information content (AvgIpc) is 2.59. The molecule has 4 atom stereocenters. The van der Waals surface area contributed by atoms with E-state index in [-0.39, 0.29) is 0 Å². The van der Waals surface area contributed by atoms with Crippen molar-refractivity contribution in [2.75, 3.05) is 0 Å². The van der Waals surface area contributed by atoms with Crippen LogP contribution in [0.3, 0.4) is 0 Å². The quantitative estimate of drug-likeness (QED) is 0.481. The largest absolute Gasteiger partial charge is 0.478 e. The van der Waals surface area contributed by atoms with Gasteiger partial charge >= 0.3 is 5.97 Å². The molecular formula is C27H40O2. The summed E-state index contributed by atoms with van der Waals surface area (Å²) in [5, 5.41) is 9.21. The molecular weight excluding hydrogens is 356 g/mol. The lowest BCUT2D eigenvalue weighted by atomic mass is 9.56. The van der Waals surface area contributed by atoms with Crippen molar-refractivity contribution in [3.63, 3.8) is 0 Å². The number of benzene rings is 1. The van der Waals surface area contributed by atoms with Crippen molar-refractivity contribution < 1.29 is 9.90 Å². The van der Waals surface area contributed by atoms with E-state index in [4.69, 9.17) is 0 Å². The fourth-order valence-electron chi connectivity index (χ4n) is 4.92. The maximum Gasteiger partial charge on any atom is 0.335 e. The van der Waals surface area contributed by atoms with E-state index in [1.807, 2.05) is 19.1 Å². The zero-order valence-corrected chi connectivity index (χ0v) is 19.6. The van der Waals surface area contributed by atoms with Gasteiger partial charge in [0.15, 0.2) is 0 Å². The minimum atomic E-state index is -0.865. The van der Waals surface area contributed by atoms with Crippen LogP contribution < -0.4 is 0 Å². The van der Waals surface area contributed by atoms with Crippen LogP contribution in [-0.4, -0.2) is 11.1 Å². The second kappa shape index (κ2) is 9.32. The van der Waals surface area contributed by atoms with Crippen LogP contribution in [0.25, 0.3) is 5.57 Å². The Hall–Kier alpha value is -1.83. The number of carboxylic acid groups (broad SMARTS) is 1. The highest BCUT2D eigenvalue weighted by atomic mass is 16.4. The lowest BCUT2D eigenvalue weighted by Gasteiger charge is -2.49. The van der Waals surface area contributed by atoms with Crippen LogP contribution in [-0.2, 0) is 0 Å². The SMILES string of the molecule is C/C(=C\C=C/C1C(C)C[C@@H]1C(CC(C)(C)C)C(C)C)c1ccc(C(=O)O)c(C)c1. The number of carboxylic acids is 1. The average molecular weight is 397 g/mol. The molecule has 1 aliphatic carbocycles. The summed E-state index contributed by atoms with van der Waals surface area (Å²) >= 11 is 0. The topological polar surface area (TPSA) is 37.3 Å². The number of carbonyl (C=O) groups is 1. The third-order valence-corrected chi connectivity index (χ3v) is 6.64. The van der Waals surface area contributed by atoms with Gasteiger partial charge in [-0.05, 0) is 84.5 Å². The summed E-state index contributed by atoms with van der Waals surface area (Å²) in [6.07, 6.45) is 9.44. The molecule has 1 aliphatic rings. The van der Waals surface area contributed by atoms with Gasteiger partial charge in [0.25, 0.3) is 0 Å². The summed E-state index contributed by atoms with van der Waals surface area (Å²) in [6, 6.07) is 5.58. The van der Waals surface area contributed by atoms with Crippen LogP contribution in [0.2, 0.25) is 0 Å². The molecule has 1 aromatic carbocycles. The first-order valence-electron chi connectivity index (χ1n) is 11.1. The van der Waals surface area contributed by atoms with Crippen molar-refractivity contribution in [2.24, 2.45) is 35.0 Å². The molecule has 0 heterocycles. The Labute approximate surface area is 178 Å². The van der Waals surface area contributed by atoms with Crippen molar-refractivity contribution in [2.45, 2.75) is 68.2 Å². The number of hydrogen-bond acceptors (Lipinski definition) is 1. The normalized spacial score (nSPS) is 24.0. The van der Waals surface area contributed by atoms with Crippen LogP contribution in [0, 0.1) is 41.9 Å². The molecule has 160 valence electrons. The highest BCUT2D eigenvalue weighted by molar-refractivity contribution is 5.90. The Morgan fingerprint density at radius 3 is 2.41 bits per heavy atom. The summed E-state index contributed by atoms with van der Waals surface area (Å²) in [5.41, 5.74) is 3.81. The van der Waals surface area contributed by atoms with Gasteiger partial charge in [-0.3, -0.25) is 0 Å². The van der Waals surface area contributed by atoms with Gasteiger partial charge in [-0.25, -0.2) is 4.79 Å². The van der Waals surface area contributed by atoms with Crippen molar-refractivity contribution in [1.29, 1.82) is 0 Å². The standard InChI is InChI=1S/C27H40O2/c1-17(2)25(16-27(6,7)8)24-15-20(5)22(24)11-9-10-18(3)21-12-13-23(26(28)29)19(4)14-21/h9-14,17,20,22,24-25H,15-16H2,1-8H3,(H,28,29)/b11-9-,18-10+/t20?,22?,24-,25?/m0/s1. The van der Waals surface area contributed by atoms with Gasteiger partial charge < -0.3 is 5.11 Å². The summed E-state index contributed by atoms with van der Waals surface area (Å²) in [4.78, 5) is 11.2.